The summed E-state index contributed by atoms with van der Waals surface area (Å²) in [5.74, 6) is 2.45. The zero-order valence-electron chi connectivity index (χ0n) is 10.1. The summed E-state index contributed by atoms with van der Waals surface area (Å²) in [6.07, 6.45) is 8.47. The molecule has 0 atom stereocenters. The van der Waals surface area contributed by atoms with Gasteiger partial charge in [0.2, 0.25) is 5.65 Å². The lowest BCUT2D eigenvalue weighted by atomic mass is 9.89. The molecule has 0 amide bonds. The van der Waals surface area contributed by atoms with E-state index in [1.807, 2.05) is 18.3 Å². The number of pyridine rings is 1. The summed E-state index contributed by atoms with van der Waals surface area (Å²) in [5, 5.41) is 8.61. The van der Waals surface area contributed by atoms with Gasteiger partial charge >= 0.3 is 0 Å². The van der Waals surface area contributed by atoms with E-state index < -0.39 is 0 Å². The Morgan fingerprint density at radius 2 is 2.06 bits per heavy atom. The van der Waals surface area contributed by atoms with Crippen molar-refractivity contribution in [1.29, 1.82) is 0 Å². The molecule has 3 rings (SSSR count). The summed E-state index contributed by atoms with van der Waals surface area (Å²) in [7, 11) is 1.67. The summed E-state index contributed by atoms with van der Waals surface area (Å²) in [4.78, 5) is 0. The Labute approximate surface area is 101 Å². The molecule has 1 aliphatic rings. The van der Waals surface area contributed by atoms with Crippen molar-refractivity contribution >= 4 is 5.65 Å². The van der Waals surface area contributed by atoms with Crippen LogP contribution in [0.15, 0.2) is 18.3 Å². The normalized spacial score (nSPS) is 17.5. The molecule has 1 fully saturated rings. The molecule has 0 unspecified atom stereocenters. The molecular formula is C13H17N3O. The standard InChI is InChI=1S/C13H17N3O/c1-17-11-8-5-9-16-12(14-15-13(11)16)10-6-3-2-4-7-10/h5,8-10H,2-4,6-7H2,1H3. The zero-order chi connectivity index (χ0) is 11.7. The van der Waals surface area contributed by atoms with Crippen molar-refractivity contribution in [2.24, 2.45) is 0 Å². The van der Waals surface area contributed by atoms with Gasteiger partial charge in [-0.2, -0.15) is 0 Å². The van der Waals surface area contributed by atoms with E-state index in [1.165, 1.54) is 32.1 Å². The molecule has 0 aromatic carbocycles. The maximum absolute atomic E-state index is 5.30. The Balaban J connectivity index is 2.05. The van der Waals surface area contributed by atoms with Gasteiger partial charge in [-0.3, -0.25) is 4.40 Å². The molecule has 2 heterocycles. The van der Waals surface area contributed by atoms with Gasteiger partial charge in [-0.1, -0.05) is 19.3 Å². The second kappa shape index (κ2) is 4.35. The fourth-order valence-electron chi connectivity index (χ4n) is 2.71. The maximum Gasteiger partial charge on any atom is 0.203 e. The maximum atomic E-state index is 5.30. The first-order chi connectivity index (χ1) is 8.40. The van der Waals surface area contributed by atoms with Crippen LogP contribution < -0.4 is 4.74 Å². The number of methoxy groups -OCH3 is 1. The summed E-state index contributed by atoms with van der Waals surface area (Å²) in [6, 6.07) is 3.91. The van der Waals surface area contributed by atoms with Crippen LogP contribution in [0.5, 0.6) is 5.75 Å². The number of hydrogen-bond donors (Lipinski definition) is 0. The molecule has 17 heavy (non-hydrogen) atoms. The molecule has 0 N–H and O–H groups in total. The Morgan fingerprint density at radius 3 is 2.82 bits per heavy atom. The van der Waals surface area contributed by atoms with Crippen LogP contribution in [-0.2, 0) is 0 Å². The molecule has 2 aromatic heterocycles. The molecule has 0 aliphatic heterocycles. The molecule has 0 bridgehead atoms. The molecule has 1 saturated carbocycles. The molecule has 0 saturated heterocycles. The van der Waals surface area contributed by atoms with Crippen molar-refractivity contribution < 1.29 is 4.74 Å². The first-order valence-corrected chi connectivity index (χ1v) is 6.28. The van der Waals surface area contributed by atoms with Crippen molar-refractivity contribution in [3.05, 3.63) is 24.2 Å². The third-order valence-corrected chi connectivity index (χ3v) is 3.62. The summed E-state index contributed by atoms with van der Waals surface area (Å²) in [6.45, 7) is 0. The van der Waals surface area contributed by atoms with Gasteiger partial charge in [0.25, 0.3) is 0 Å². The van der Waals surface area contributed by atoms with Crippen LogP contribution in [0.2, 0.25) is 0 Å². The number of ether oxygens (including phenoxy) is 1. The molecule has 0 spiro atoms. The number of fused-ring (bicyclic) bond motifs is 1. The van der Waals surface area contributed by atoms with E-state index in [0.717, 1.165) is 17.2 Å². The van der Waals surface area contributed by atoms with E-state index in [-0.39, 0.29) is 0 Å². The lowest BCUT2D eigenvalue weighted by Crippen LogP contribution is -2.08. The fourth-order valence-corrected chi connectivity index (χ4v) is 2.71. The van der Waals surface area contributed by atoms with E-state index in [9.17, 15) is 0 Å². The van der Waals surface area contributed by atoms with Gasteiger partial charge in [-0.15, -0.1) is 10.2 Å². The summed E-state index contributed by atoms with van der Waals surface area (Å²) >= 11 is 0. The Hall–Kier alpha value is -1.58. The summed E-state index contributed by atoms with van der Waals surface area (Å²) < 4.78 is 7.38. The highest BCUT2D eigenvalue weighted by molar-refractivity contribution is 5.53. The number of hydrogen-bond acceptors (Lipinski definition) is 3. The van der Waals surface area contributed by atoms with Gasteiger partial charge in [-0.25, -0.2) is 0 Å². The van der Waals surface area contributed by atoms with Crippen LogP contribution >= 0.6 is 0 Å². The quantitative estimate of drug-likeness (QED) is 0.797. The summed E-state index contributed by atoms with van der Waals surface area (Å²) in [5.41, 5.74) is 0.829. The van der Waals surface area contributed by atoms with E-state index >= 15 is 0 Å². The molecule has 4 nitrogen and oxygen atoms in total. The van der Waals surface area contributed by atoms with Gasteiger partial charge in [-0.05, 0) is 25.0 Å². The molecular weight excluding hydrogens is 214 g/mol. The van der Waals surface area contributed by atoms with E-state index in [1.54, 1.807) is 7.11 Å². The van der Waals surface area contributed by atoms with Gasteiger partial charge in [0.1, 0.15) is 5.82 Å². The first kappa shape index (κ1) is 10.6. The third-order valence-electron chi connectivity index (χ3n) is 3.62. The van der Waals surface area contributed by atoms with Crippen LogP contribution in [0.3, 0.4) is 0 Å². The molecule has 90 valence electrons. The molecule has 0 radical (unpaired) electrons. The van der Waals surface area contributed by atoms with Gasteiger partial charge < -0.3 is 4.74 Å². The topological polar surface area (TPSA) is 39.4 Å². The number of nitrogens with zero attached hydrogens (tertiary/aromatic N) is 3. The predicted octanol–water partition coefficient (Wildman–Crippen LogP) is 2.79. The average molecular weight is 231 g/mol. The smallest absolute Gasteiger partial charge is 0.203 e. The van der Waals surface area contributed by atoms with Crippen molar-refractivity contribution in [3.63, 3.8) is 0 Å². The second-order valence-corrected chi connectivity index (χ2v) is 4.66. The SMILES string of the molecule is COc1cccn2c(C3CCCCC3)nnc12. The van der Waals surface area contributed by atoms with Crippen LogP contribution in [0.4, 0.5) is 0 Å². The first-order valence-electron chi connectivity index (χ1n) is 6.28. The minimum Gasteiger partial charge on any atom is -0.493 e. The van der Waals surface area contributed by atoms with Gasteiger partial charge in [0.05, 0.1) is 7.11 Å². The van der Waals surface area contributed by atoms with Crippen LogP contribution in [0.25, 0.3) is 5.65 Å². The second-order valence-electron chi connectivity index (χ2n) is 4.66. The fraction of sp³-hybridized carbons (Fsp3) is 0.538. The highest BCUT2D eigenvalue weighted by Gasteiger charge is 2.21. The average Bonchev–Trinajstić information content (AvgIpc) is 2.83. The van der Waals surface area contributed by atoms with Crippen LogP contribution in [0, 0.1) is 0 Å². The van der Waals surface area contributed by atoms with Crippen molar-refractivity contribution in [3.8, 4) is 5.75 Å². The lowest BCUT2D eigenvalue weighted by Gasteiger charge is -2.19. The minimum atomic E-state index is 0.561. The minimum absolute atomic E-state index is 0.561. The highest BCUT2D eigenvalue weighted by Crippen LogP contribution is 2.32. The van der Waals surface area contributed by atoms with Crippen LogP contribution in [-0.4, -0.2) is 21.7 Å². The predicted molar refractivity (Wildman–Crippen MR) is 65.4 cm³/mol. The Kier molecular flexibility index (Phi) is 2.71. The third kappa shape index (κ3) is 1.77. The van der Waals surface area contributed by atoms with Crippen molar-refractivity contribution in [2.75, 3.05) is 7.11 Å². The Morgan fingerprint density at radius 1 is 1.24 bits per heavy atom. The van der Waals surface area contributed by atoms with E-state index in [4.69, 9.17) is 4.74 Å². The van der Waals surface area contributed by atoms with Crippen molar-refractivity contribution in [1.82, 2.24) is 14.6 Å². The lowest BCUT2D eigenvalue weighted by molar-refractivity contribution is 0.415. The number of aromatic nitrogens is 3. The molecule has 1 aliphatic carbocycles. The largest absolute Gasteiger partial charge is 0.493 e. The molecule has 4 heteroatoms. The highest BCUT2D eigenvalue weighted by atomic mass is 16.5. The molecule has 2 aromatic rings. The number of rotatable bonds is 2. The Bertz CT molecular complexity index is 514. The van der Waals surface area contributed by atoms with E-state index in [2.05, 4.69) is 14.6 Å². The zero-order valence-corrected chi connectivity index (χ0v) is 10.1. The van der Waals surface area contributed by atoms with E-state index in [0.29, 0.717) is 5.92 Å². The van der Waals surface area contributed by atoms with Crippen LogP contribution in [0.1, 0.15) is 43.8 Å². The van der Waals surface area contributed by atoms with Gasteiger partial charge in [0.15, 0.2) is 5.75 Å². The van der Waals surface area contributed by atoms with Gasteiger partial charge in [0, 0.05) is 12.1 Å². The van der Waals surface area contributed by atoms with Crippen molar-refractivity contribution in [2.45, 2.75) is 38.0 Å². The monoisotopic (exact) mass is 231 g/mol.